The molecular weight excluding hydrogens is 481 g/mol. The number of hydrogen-bond acceptors (Lipinski definition) is 3. The van der Waals surface area contributed by atoms with E-state index in [0.29, 0.717) is 27.7 Å². The monoisotopic (exact) mass is 502 g/mol. The highest BCUT2D eigenvalue weighted by atomic mass is 19.3. The molecule has 186 valence electrons. The third-order valence-electron chi connectivity index (χ3n) is 6.09. The Bertz CT molecular complexity index is 1610. The summed E-state index contributed by atoms with van der Waals surface area (Å²) in [5.74, 6) is -2.26. The third-order valence-corrected chi connectivity index (χ3v) is 6.09. The van der Waals surface area contributed by atoms with E-state index in [1.807, 2.05) is 30.3 Å². The number of carbonyl (C=O) groups is 1. The van der Waals surface area contributed by atoms with Crippen molar-refractivity contribution in [3.05, 3.63) is 107 Å². The Kier molecular flexibility index (Phi) is 6.59. The van der Waals surface area contributed by atoms with Crippen LogP contribution in [-0.4, -0.2) is 27.3 Å². The van der Waals surface area contributed by atoms with E-state index in [4.69, 9.17) is 0 Å². The topological polar surface area (TPSA) is 90.6 Å². The molecule has 5 aromatic rings. The minimum Gasteiger partial charge on any atom is -0.354 e. The maximum absolute atomic E-state index is 13.3. The fraction of sp³-hybridized carbons (Fsp3) is 0.107. The highest BCUT2D eigenvalue weighted by Gasteiger charge is 2.26. The predicted molar refractivity (Wildman–Crippen MR) is 136 cm³/mol. The van der Waals surface area contributed by atoms with E-state index in [1.54, 1.807) is 24.4 Å². The normalized spacial score (nSPS) is 12.1. The molecule has 0 bridgehead atoms. The third kappa shape index (κ3) is 5.02. The highest BCUT2D eigenvalue weighted by Crippen LogP contribution is 2.37. The molecule has 0 aliphatic carbocycles. The van der Waals surface area contributed by atoms with Gasteiger partial charge < -0.3 is 15.3 Å². The molecule has 5 rings (SSSR count). The number of aromatic nitrogens is 3. The number of pyridine rings is 2. The molecule has 9 heteroatoms. The molecule has 0 spiro atoms. The summed E-state index contributed by atoms with van der Waals surface area (Å²) in [5.41, 5.74) is 3.42. The number of nitrogens with one attached hydrogen (secondary N) is 3. The van der Waals surface area contributed by atoms with Crippen LogP contribution >= 0.6 is 0 Å². The van der Waals surface area contributed by atoms with Crippen molar-refractivity contribution in [2.24, 2.45) is 0 Å². The Morgan fingerprint density at radius 1 is 0.973 bits per heavy atom. The predicted octanol–water partition coefficient (Wildman–Crippen LogP) is 6.10. The Morgan fingerprint density at radius 3 is 2.46 bits per heavy atom. The SMILES string of the molecule is O=C(Nc1cc(-c2[nH]c3cc[nH]c(=O)c3c2-c2ccccc2)ccn1)C(CC(F)F)c1ccc(F)cc1. The molecule has 2 aromatic carbocycles. The molecule has 0 saturated carbocycles. The van der Waals surface area contributed by atoms with E-state index < -0.39 is 30.5 Å². The fourth-order valence-corrected chi connectivity index (χ4v) is 4.40. The number of nitrogens with zero attached hydrogens (tertiary/aromatic N) is 1. The van der Waals surface area contributed by atoms with Gasteiger partial charge in [-0.1, -0.05) is 42.5 Å². The molecular formula is C28H21F3N4O2. The molecule has 1 unspecified atom stereocenters. The van der Waals surface area contributed by atoms with Crippen molar-refractivity contribution in [1.29, 1.82) is 0 Å². The van der Waals surface area contributed by atoms with Crippen LogP contribution in [0.1, 0.15) is 17.9 Å². The summed E-state index contributed by atoms with van der Waals surface area (Å²) in [6.07, 6.45) is -0.426. The molecule has 0 fully saturated rings. The van der Waals surface area contributed by atoms with Crippen LogP contribution < -0.4 is 10.9 Å². The van der Waals surface area contributed by atoms with E-state index in [0.717, 1.165) is 17.7 Å². The van der Waals surface area contributed by atoms with Gasteiger partial charge in [-0.05, 0) is 41.5 Å². The number of rotatable bonds is 7. The molecule has 0 aliphatic rings. The van der Waals surface area contributed by atoms with E-state index in [1.165, 1.54) is 18.3 Å². The first-order valence-corrected chi connectivity index (χ1v) is 11.5. The van der Waals surface area contributed by atoms with Crippen LogP contribution in [-0.2, 0) is 4.79 Å². The summed E-state index contributed by atoms with van der Waals surface area (Å²) in [4.78, 5) is 35.9. The summed E-state index contributed by atoms with van der Waals surface area (Å²) < 4.78 is 39.9. The summed E-state index contributed by atoms with van der Waals surface area (Å²) in [5, 5.41) is 3.10. The van der Waals surface area contributed by atoms with Crippen LogP contribution in [0.15, 0.2) is 90.0 Å². The maximum atomic E-state index is 13.3. The van der Waals surface area contributed by atoms with Crippen LogP contribution in [0, 0.1) is 5.82 Å². The van der Waals surface area contributed by atoms with Crippen molar-refractivity contribution < 1.29 is 18.0 Å². The van der Waals surface area contributed by atoms with Crippen molar-refractivity contribution in [1.82, 2.24) is 15.0 Å². The smallest absolute Gasteiger partial charge is 0.258 e. The fourth-order valence-electron chi connectivity index (χ4n) is 4.40. The molecule has 0 radical (unpaired) electrons. The minimum atomic E-state index is -2.74. The largest absolute Gasteiger partial charge is 0.354 e. The number of fused-ring (bicyclic) bond motifs is 1. The summed E-state index contributed by atoms with van der Waals surface area (Å²) >= 11 is 0. The van der Waals surface area contributed by atoms with E-state index in [9.17, 15) is 22.8 Å². The number of anilines is 1. The lowest BCUT2D eigenvalue weighted by molar-refractivity contribution is -0.118. The van der Waals surface area contributed by atoms with Gasteiger partial charge in [-0.15, -0.1) is 0 Å². The summed E-state index contributed by atoms with van der Waals surface area (Å²) in [6.45, 7) is 0. The van der Waals surface area contributed by atoms with Crippen LogP contribution in [0.2, 0.25) is 0 Å². The molecule has 0 saturated heterocycles. The van der Waals surface area contributed by atoms with Crippen molar-refractivity contribution in [2.75, 3.05) is 5.32 Å². The molecule has 6 nitrogen and oxygen atoms in total. The van der Waals surface area contributed by atoms with Crippen molar-refractivity contribution in [3.63, 3.8) is 0 Å². The lowest BCUT2D eigenvalue weighted by Gasteiger charge is -2.17. The molecule has 1 atom stereocenters. The second-order valence-electron chi connectivity index (χ2n) is 8.49. The first-order chi connectivity index (χ1) is 17.9. The average molecular weight is 502 g/mol. The Morgan fingerprint density at radius 2 is 1.73 bits per heavy atom. The lowest BCUT2D eigenvalue weighted by Crippen LogP contribution is -2.23. The minimum absolute atomic E-state index is 0.149. The van der Waals surface area contributed by atoms with Gasteiger partial charge in [0.2, 0.25) is 12.3 Å². The maximum Gasteiger partial charge on any atom is 0.258 e. The molecule has 0 aliphatic heterocycles. The Labute approximate surface area is 209 Å². The highest BCUT2D eigenvalue weighted by molar-refractivity contribution is 6.03. The molecule has 3 heterocycles. The number of halogens is 3. The van der Waals surface area contributed by atoms with Gasteiger partial charge >= 0.3 is 0 Å². The summed E-state index contributed by atoms with van der Waals surface area (Å²) in [6, 6.07) is 19.4. The quantitative estimate of drug-likeness (QED) is 0.251. The first kappa shape index (κ1) is 24.1. The molecule has 37 heavy (non-hydrogen) atoms. The Hall–Kier alpha value is -4.66. The van der Waals surface area contributed by atoms with E-state index >= 15 is 0 Å². The van der Waals surface area contributed by atoms with Crippen molar-refractivity contribution >= 4 is 22.6 Å². The second kappa shape index (κ2) is 10.1. The van der Waals surface area contributed by atoms with Crippen LogP contribution in [0.5, 0.6) is 0 Å². The number of benzene rings is 2. The van der Waals surface area contributed by atoms with Crippen molar-refractivity contribution in [2.45, 2.75) is 18.8 Å². The standard InChI is InChI=1S/C28H21F3N4O2/c29-19-8-6-16(7-9-19)20(15-22(30)31)27(36)35-23-14-18(10-12-32-23)26-24(17-4-2-1-3-5-17)25-21(34-26)11-13-33-28(25)37/h1-14,20,22,34H,15H2,(H,33,37)(H,32,35,36). The lowest BCUT2D eigenvalue weighted by atomic mass is 9.95. The van der Waals surface area contributed by atoms with Gasteiger partial charge in [0.15, 0.2) is 0 Å². The number of carbonyl (C=O) groups excluding carboxylic acids is 1. The van der Waals surface area contributed by atoms with Crippen molar-refractivity contribution in [3.8, 4) is 22.4 Å². The molecule has 3 N–H and O–H groups in total. The van der Waals surface area contributed by atoms with Gasteiger partial charge in [0, 0.05) is 29.9 Å². The number of H-pyrrole nitrogens is 2. The molecule has 1 amide bonds. The van der Waals surface area contributed by atoms with Crippen LogP contribution in [0.3, 0.4) is 0 Å². The summed E-state index contributed by atoms with van der Waals surface area (Å²) in [7, 11) is 0. The van der Waals surface area contributed by atoms with Crippen LogP contribution in [0.25, 0.3) is 33.3 Å². The zero-order chi connectivity index (χ0) is 25.9. The van der Waals surface area contributed by atoms with Gasteiger partial charge in [0.1, 0.15) is 11.6 Å². The average Bonchev–Trinajstić information content (AvgIpc) is 3.29. The van der Waals surface area contributed by atoms with Gasteiger partial charge in [-0.3, -0.25) is 9.59 Å². The van der Waals surface area contributed by atoms with E-state index in [2.05, 4.69) is 20.3 Å². The molecule has 3 aromatic heterocycles. The van der Waals surface area contributed by atoms with Gasteiger partial charge in [0.25, 0.3) is 5.56 Å². The number of hydrogen-bond donors (Lipinski definition) is 3. The number of alkyl halides is 2. The zero-order valence-corrected chi connectivity index (χ0v) is 19.3. The first-order valence-electron chi connectivity index (χ1n) is 11.5. The van der Waals surface area contributed by atoms with E-state index in [-0.39, 0.29) is 16.9 Å². The van der Waals surface area contributed by atoms with Gasteiger partial charge in [0.05, 0.1) is 22.5 Å². The van der Waals surface area contributed by atoms with Gasteiger partial charge in [-0.25, -0.2) is 18.2 Å². The van der Waals surface area contributed by atoms with Gasteiger partial charge in [-0.2, -0.15) is 0 Å². The second-order valence-corrected chi connectivity index (χ2v) is 8.49. The van der Waals surface area contributed by atoms with Crippen LogP contribution in [0.4, 0.5) is 19.0 Å². The number of aromatic amines is 2. The Balaban J connectivity index is 1.53. The number of amides is 1. The zero-order valence-electron chi connectivity index (χ0n) is 19.3.